The summed E-state index contributed by atoms with van der Waals surface area (Å²) in [5.74, 6) is 3.13. The average molecular weight is 330 g/mol. The van der Waals surface area contributed by atoms with E-state index < -0.39 is 0 Å². The minimum Gasteiger partial charge on any atom is -0.487 e. The number of rotatable bonds is 4. The van der Waals surface area contributed by atoms with Crippen LogP contribution < -0.4 is 9.64 Å². The van der Waals surface area contributed by atoms with Gasteiger partial charge in [0.15, 0.2) is 0 Å². The molecular weight excluding hydrogens is 294 g/mol. The van der Waals surface area contributed by atoms with Gasteiger partial charge in [0.1, 0.15) is 11.4 Å². The molecule has 0 amide bonds. The summed E-state index contributed by atoms with van der Waals surface area (Å²) in [7, 11) is 0. The molecule has 1 heterocycles. The van der Waals surface area contributed by atoms with Crippen molar-refractivity contribution in [3.63, 3.8) is 0 Å². The molecular formula is C22H35NO. The van der Waals surface area contributed by atoms with E-state index >= 15 is 0 Å². The molecule has 3 unspecified atom stereocenters. The fourth-order valence-corrected chi connectivity index (χ4v) is 5.02. The van der Waals surface area contributed by atoms with Crippen LogP contribution in [0.5, 0.6) is 5.75 Å². The van der Waals surface area contributed by atoms with Crippen LogP contribution >= 0.6 is 0 Å². The van der Waals surface area contributed by atoms with E-state index in [0.29, 0.717) is 11.8 Å². The SMILES string of the molecule is CC1CCC(C(C)C)C(C)(Oc2ccc(N3CCCCC3)cc2)C1. The van der Waals surface area contributed by atoms with Crippen LogP contribution in [0.25, 0.3) is 0 Å². The van der Waals surface area contributed by atoms with Gasteiger partial charge in [-0.1, -0.05) is 27.2 Å². The lowest BCUT2D eigenvalue weighted by Gasteiger charge is -2.46. The van der Waals surface area contributed by atoms with Crippen LogP contribution in [0.2, 0.25) is 0 Å². The second kappa shape index (κ2) is 7.37. The highest BCUT2D eigenvalue weighted by Gasteiger charge is 2.42. The fourth-order valence-electron chi connectivity index (χ4n) is 5.02. The number of piperidine rings is 1. The summed E-state index contributed by atoms with van der Waals surface area (Å²) in [5.41, 5.74) is 1.32. The number of nitrogens with zero attached hydrogens (tertiary/aromatic N) is 1. The van der Waals surface area contributed by atoms with Gasteiger partial charge in [0, 0.05) is 24.7 Å². The van der Waals surface area contributed by atoms with E-state index in [1.165, 1.54) is 57.3 Å². The van der Waals surface area contributed by atoms with Crippen LogP contribution in [0.3, 0.4) is 0 Å². The van der Waals surface area contributed by atoms with Gasteiger partial charge in [-0.05, 0) is 75.1 Å². The molecule has 1 saturated heterocycles. The van der Waals surface area contributed by atoms with Crippen molar-refractivity contribution in [3.8, 4) is 5.75 Å². The quantitative estimate of drug-likeness (QED) is 0.681. The van der Waals surface area contributed by atoms with E-state index in [9.17, 15) is 0 Å². The third-order valence-electron chi connectivity index (χ3n) is 6.22. The number of ether oxygens (including phenoxy) is 1. The van der Waals surface area contributed by atoms with E-state index in [-0.39, 0.29) is 5.60 Å². The largest absolute Gasteiger partial charge is 0.487 e. The van der Waals surface area contributed by atoms with Gasteiger partial charge in [0.25, 0.3) is 0 Å². The number of benzene rings is 1. The third-order valence-corrected chi connectivity index (χ3v) is 6.22. The molecule has 1 aromatic rings. The highest BCUT2D eigenvalue weighted by atomic mass is 16.5. The normalized spacial score (nSPS) is 31.3. The molecule has 2 fully saturated rings. The maximum absolute atomic E-state index is 6.61. The van der Waals surface area contributed by atoms with Gasteiger partial charge in [0.2, 0.25) is 0 Å². The van der Waals surface area contributed by atoms with Crippen LogP contribution in [0.1, 0.15) is 66.2 Å². The summed E-state index contributed by atoms with van der Waals surface area (Å²) in [6.45, 7) is 11.8. The van der Waals surface area contributed by atoms with Gasteiger partial charge in [-0.2, -0.15) is 0 Å². The summed E-state index contributed by atoms with van der Waals surface area (Å²) in [4.78, 5) is 2.51. The molecule has 0 radical (unpaired) electrons. The maximum atomic E-state index is 6.61. The average Bonchev–Trinajstić information content (AvgIpc) is 2.55. The predicted molar refractivity (Wildman–Crippen MR) is 103 cm³/mol. The first-order chi connectivity index (χ1) is 11.5. The Bertz CT molecular complexity index is 517. The zero-order chi connectivity index (χ0) is 17.2. The van der Waals surface area contributed by atoms with Crippen LogP contribution in [0, 0.1) is 17.8 Å². The lowest BCUT2D eigenvalue weighted by molar-refractivity contribution is -0.0435. The zero-order valence-electron chi connectivity index (χ0n) is 16.1. The molecule has 0 N–H and O–H groups in total. The van der Waals surface area contributed by atoms with Crippen molar-refractivity contribution >= 4 is 5.69 Å². The summed E-state index contributed by atoms with van der Waals surface area (Å²) in [5, 5.41) is 0. The lowest BCUT2D eigenvalue weighted by atomic mass is 9.68. The monoisotopic (exact) mass is 329 g/mol. The molecule has 2 aliphatic rings. The lowest BCUT2D eigenvalue weighted by Crippen LogP contribution is -2.47. The summed E-state index contributed by atoms with van der Waals surface area (Å²) in [6, 6.07) is 8.87. The van der Waals surface area contributed by atoms with Gasteiger partial charge in [0.05, 0.1) is 0 Å². The van der Waals surface area contributed by atoms with Gasteiger partial charge in [-0.15, -0.1) is 0 Å². The van der Waals surface area contributed by atoms with Crippen molar-refractivity contribution in [2.45, 2.75) is 71.8 Å². The van der Waals surface area contributed by atoms with E-state index in [1.807, 2.05) is 0 Å². The van der Waals surface area contributed by atoms with Crippen LogP contribution in [0.15, 0.2) is 24.3 Å². The Hall–Kier alpha value is -1.18. The van der Waals surface area contributed by atoms with Crippen molar-refractivity contribution in [1.29, 1.82) is 0 Å². The van der Waals surface area contributed by atoms with E-state index in [1.54, 1.807) is 0 Å². The molecule has 1 aliphatic heterocycles. The minimum atomic E-state index is -0.0293. The number of hydrogen-bond acceptors (Lipinski definition) is 2. The van der Waals surface area contributed by atoms with Crippen molar-refractivity contribution in [2.75, 3.05) is 18.0 Å². The molecule has 2 nitrogen and oxygen atoms in total. The Balaban J connectivity index is 1.71. The van der Waals surface area contributed by atoms with Crippen molar-refractivity contribution < 1.29 is 4.74 Å². The molecule has 1 aliphatic carbocycles. The Kier molecular flexibility index (Phi) is 5.42. The minimum absolute atomic E-state index is 0.0293. The van der Waals surface area contributed by atoms with Crippen molar-refractivity contribution in [1.82, 2.24) is 0 Å². The highest BCUT2D eigenvalue weighted by Crippen LogP contribution is 2.43. The van der Waals surface area contributed by atoms with Gasteiger partial charge in [-0.3, -0.25) is 0 Å². The summed E-state index contributed by atoms with van der Waals surface area (Å²) in [6.07, 6.45) is 7.83. The molecule has 0 spiro atoms. The zero-order valence-corrected chi connectivity index (χ0v) is 16.1. The molecule has 1 aromatic carbocycles. The van der Waals surface area contributed by atoms with Gasteiger partial charge in [-0.25, -0.2) is 0 Å². The molecule has 24 heavy (non-hydrogen) atoms. The molecule has 134 valence electrons. The predicted octanol–water partition coefficient (Wildman–Crippen LogP) is 5.91. The Morgan fingerprint density at radius 2 is 1.71 bits per heavy atom. The molecule has 2 heteroatoms. The molecule has 0 bridgehead atoms. The fraction of sp³-hybridized carbons (Fsp3) is 0.727. The van der Waals surface area contributed by atoms with Gasteiger partial charge < -0.3 is 9.64 Å². The summed E-state index contributed by atoms with van der Waals surface area (Å²) < 4.78 is 6.61. The van der Waals surface area contributed by atoms with Crippen LogP contribution in [0.4, 0.5) is 5.69 Å². The summed E-state index contributed by atoms with van der Waals surface area (Å²) >= 11 is 0. The van der Waals surface area contributed by atoms with E-state index in [2.05, 4.69) is 56.9 Å². The van der Waals surface area contributed by atoms with E-state index in [0.717, 1.165) is 11.7 Å². The first-order valence-corrected chi connectivity index (χ1v) is 10.0. The van der Waals surface area contributed by atoms with Crippen LogP contribution in [-0.4, -0.2) is 18.7 Å². The highest BCUT2D eigenvalue weighted by molar-refractivity contribution is 5.49. The first kappa shape index (κ1) is 17.6. The topological polar surface area (TPSA) is 12.5 Å². The number of anilines is 1. The molecule has 0 aromatic heterocycles. The second-order valence-corrected chi connectivity index (χ2v) is 8.69. The maximum Gasteiger partial charge on any atom is 0.120 e. The smallest absolute Gasteiger partial charge is 0.120 e. The molecule has 1 saturated carbocycles. The Labute approximate surface area is 148 Å². The number of hydrogen-bond donors (Lipinski definition) is 0. The Morgan fingerprint density at radius 1 is 1.04 bits per heavy atom. The molecule has 3 rings (SSSR count). The van der Waals surface area contributed by atoms with Crippen molar-refractivity contribution in [2.24, 2.45) is 17.8 Å². The Morgan fingerprint density at radius 3 is 2.33 bits per heavy atom. The van der Waals surface area contributed by atoms with Gasteiger partial charge >= 0.3 is 0 Å². The van der Waals surface area contributed by atoms with Crippen molar-refractivity contribution in [3.05, 3.63) is 24.3 Å². The standard InChI is InChI=1S/C22H35NO/c1-17(2)21-13-8-18(3)16-22(21,4)24-20-11-9-19(10-12-20)23-14-6-5-7-15-23/h9-12,17-18,21H,5-8,13-16H2,1-4H3. The first-order valence-electron chi connectivity index (χ1n) is 10.0. The second-order valence-electron chi connectivity index (χ2n) is 8.69. The third kappa shape index (κ3) is 3.90. The van der Waals surface area contributed by atoms with E-state index in [4.69, 9.17) is 4.74 Å². The van der Waals surface area contributed by atoms with Crippen LogP contribution in [-0.2, 0) is 0 Å². The molecule has 3 atom stereocenters.